The van der Waals surface area contributed by atoms with Crippen LogP contribution >= 0.6 is 0 Å². The van der Waals surface area contributed by atoms with Gasteiger partial charge in [0.1, 0.15) is 23.3 Å². The molecule has 0 radical (unpaired) electrons. The van der Waals surface area contributed by atoms with Crippen molar-refractivity contribution in [2.75, 3.05) is 0 Å². The van der Waals surface area contributed by atoms with Gasteiger partial charge in [-0.15, -0.1) is 0 Å². The van der Waals surface area contributed by atoms with E-state index in [-0.39, 0.29) is 0 Å². The lowest BCUT2D eigenvalue weighted by Crippen LogP contribution is -2.99. The van der Waals surface area contributed by atoms with Crippen LogP contribution in [-0.4, -0.2) is 22.6 Å². The smallest absolute Gasteiger partial charge is 0.186 e. The average molecular weight is 269 g/mol. The van der Waals surface area contributed by atoms with Crippen molar-refractivity contribution in [2.45, 2.75) is 13.8 Å². The zero-order chi connectivity index (χ0) is 14.7. The molecular formula is C12H12FNO5. The number of halogens is 1. The number of Topliss-reactive ketones (excluding diaryl/α,β-unsaturated/α-hetero) is 3. The van der Waals surface area contributed by atoms with Gasteiger partial charge in [0.15, 0.2) is 11.5 Å². The van der Waals surface area contributed by atoms with Crippen molar-refractivity contribution in [3.63, 3.8) is 0 Å². The van der Waals surface area contributed by atoms with Crippen molar-refractivity contribution in [1.29, 1.82) is 0 Å². The number of hydrogen-bond acceptors (Lipinski definition) is 5. The van der Waals surface area contributed by atoms with Crippen LogP contribution in [-0.2, 0) is 9.59 Å². The van der Waals surface area contributed by atoms with Crippen LogP contribution in [0.15, 0.2) is 18.2 Å². The molecule has 7 heteroatoms. The monoisotopic (exact) mass is 269 g/mol. The molecule has 102 valence electrons. The number of hydrogen-bond donors (Lipinski definition) is 2. The Balaban J connectivity index is 3.35. The first kappa shape index (κ1) is 15.1. The summed E-state index contributed by atoms with van der Waals surface area (Å²) in [5.74, 6) is -4.84. The molecule has 0 saturated carbocycles. The summed E-state index contributed by atoms with van der Waals surface area (Å²) in [6.45, 7) is 2.09. The van der Waals surface area contributed by atoms with Gasteiger partial charge in [-0.1, -0.05) is 0 Å². The van der Waals surface area contributed by atoms with E-state index < -0.39 is 45.6 Å². The Morgan fingerprint density at radius 2 is 1.79 bits per heavy atom. The fourth-order valence-corrected chi connectivity index (χ4v) is 1.72. The summed E-state index contributed by atoms with van der Waals surface area (Å²) in [5, 5.41) is 18.4. The van der Waals surface area contributed by atoms with Gasteiger partial charge in [0.25, 0.3) is 0 Å². The molecule has 0 aliphatic rings. The predicted molar refractivity (Wildman–Crippen MR) is 61.4 cm³/mol. The zero-order valence-electron chi connectivity index (χ0n) is 10.3. The van der Waals surface area contributed by atoms with Gasteiger partial charge >= 0.3 is 0 Å². The molecule has 0 bridgehead atoms. The van der Waals surface area contributed by atoms with E-state index >= 15 is 0 Å². The summed E-state index contributed by atoms with van der Waals surface area (Å²) in [4.78, 5) is 34.6. The maximum atomic E-state index is 13.1. The Bertz CT molecular complexity index is 527. The average Bonchev–Trinajstić information content (AvgIpc) is 2.27. The van der Waals surface area contributed by atoms with Crippen molar-refractivity contribution >= 4 is 23.0 Å². The highest BCUT2D eigenvalue weighted by atomic mass is 19.1. The molecule has 0 saturated heterocycles. The Morgan fingerprint density at radius 1 is 1.26 bits per heavy atom. The summed E-state index contributed by atoms with van der Waals surface area (Å²) in [5.41, 5.74) is -0.929. The number of carbonyl (C=O) groups is 3. The highest BCUT2D eigenvalue weighted by Crippen LogP contribution is 2.19. The van der Waals surface area contributed by atoms with Gasteiger partial charge < -0.3 is 5.21 Å². The first-order chi connectivity index (χ1) is 8.75. The molecular weight excluding hydrogens is 257 g/mol. The highest BCUT2D eigenvalue weighted by molar-refractivity contribution is 6.24. The first-order valence-corrected chi connectivity index (χ1v) is 5.33. The highest BCUT2D eigenvalue weighted by Gasteiger charge is 2.32. The fourth-order valence-electron chi connectivity index (χ4n) is 1.72. The van der Waals surface area contributed by atoms with E-state index in [9.17, 15) is 24.0 Å². The summed E-state index contributed by atoms with van der Waals surface area (Å²) in [6.07, 6.45) is 0. The minimum atomic E-state index is -1.60. The van der Waals surface area contributed by atoms with Crippen LogP contribution in [0, 0.1) is 16.9 Å². The molecule has 6 nitrogen and oxygen atoms in total. The summed E-state index contributed by atoms with van der Waals surface area (Å²) in [6, 6.07) is 2.52. The molecule has 0 spiro atoms. The van der Waals surface area contributed by atoms with Crippen molar-refractivity contribution in [3.8, 4) is 0 Å². The molecule has 0 aromatic heterocycles. The van der Waals surface area contributed by atoms with Gasteiger partial charge in [-0.2, -0.15) is 5.23 Å². The third-order valence-electron chi connectivity index (χ3n) is 2.55. The minimum absolute atomic E-state index is 0.445. The molecule has 0 aliphatic heterocycles. The maximum absolute atomic E-state index is 13.1. The van der Waals surface area contributed by atoms with E-state index in [2.05, 4.69) is 0 Å². The normalized spacial score (nSPS) is 12.3. The van der Waals surface area contributed by atoms with Crippen molar-refractivity contribution in [1.82, 2.24) is 0 Å². The Kier molecular flexibility index (Phi) is 4.60. The van der Waals surface area contributed by atoms with Crippen LogP contribution in [0.3, 0.4) is 0 Å². The lowest BCUT2D eigenvalue weighted by Gasteiger charge is -2.17. The van der Waals surface area contributed by atoms with E-state index in [1.807, 2.05) is 0 Å². The van der Waals surface area contributed by atoms with Crippen molar-refractivity contribution < 1.29 is 29.2 Å². The predicted octanol–water partition coefficient (Wildman–Crippen LogP) is 0.206. The molecule has 1 rings (SSSR count). The summed E-state index contributed by atoms with van der Waals surface area (Å²) >= 11 is 0. The van der Waals surface area contributed by atoms with E-state index in [1.54, 1.807) is 0 Å². The van der Waals surface area contributed by atoms with Crippen LogP contribution < -0.4 is 5.23 Å². The molecule has 1 atom stereocenters. The molecule has 2 N–H and O–H groups in total. The largest absolute Gasteiger partial charge is 0.595 e. The van der Waals surface area contributed by atoms with Gasteiger partial charge in [-0.3, -0.25) is 14.4 Å². The summed E-state index contributed by atoms with van der Waals surface area (Å²) < 4.78 is 13.1. The first-order valence-electron chi connectivity index (χ1n) is 5.33. The summed E-state index contributed by atoms with van der Waals surface area (Å²) in [7, 11) is 0. The molecule has 1 aromatic rings. The Morgan fingerprint density at radius 3 is 2.21 bits per heavy atom. The maximum Gasteiger partial charge on any atom is 0.186 e. The number of ketones is 3. The SMILES string of the molecule is CC(=O)C(C(C)=O)C(=O)c1cc(F)ccc1[NH+]([O-])O. The van der Waals surface area contributed by atoms with Crippen LogP contribution in [0.5, 0.6) is 0 Å². The third-order valence-corrected chi connectivity index (χ3v) is 2.55. The third kappa shape index (κ3) is 3.28. The lowest BCUT2D eigenvalue weighted by molar-refractivity contribution is -0.991. The number of quaternary nitrogens is 1. The quantitative estimate of drug-likeness (QED) is 0.452. The number of rotatable bonds is 5. The molecule has 0 fully saturated rings. The van der Waals surface area contributed by atoms with E-state index in [1.165, 1.54) is 0 Å². The van der Waals surface area contributed by atoms with E-state index in [4.69, 9.17) is 5.21 Å². The van der Waals surface area contributed by atoms with Gasteiger partial charge in [-0.25, -0.2) is 9.60 Å². The zero-order valence-corrected chi connectivity index (χ0v) is 10.3. The van der Waals surface area contributed by atoms with Crippen molar-refractivity contribution in [3.05, 3.63) is 34.8 Å². The molecule has 0 aliphatic carbocycles. The molecule has 1 aromatic carbocycles. The van der Waals surface area contributed by atoms with Crippen LogP contribution in [0.25, 0.3) is 0 Å². The molecule has 0 heterocycles. The fraction of sp³-hybridized carbons (Fsp3) is 0.250. The van der Waals surface area contributed by atoms with Gasteiger partial charge in [0.2, 0.25) is 0 Å². The second-order valence-electron chi connectivity index (χ2n) is 4.01. The Hall–Kier alpha value is -1.96. The molecule has 0 amide bonds. The second kappa shape index (κ2) is 5.79. The lowest BCUT2D eigenvalue weighted by atomic mass is 9.90. The standard InChI is InChI=1S/C12H12FNO5/c1-6(15)11(7(2)16)12(17)9-5-8(13)3-4-10(9)14(18)19/h3-5,11,14,18H,1-2H3. The van der Waals surface area contributed by atoms with E-state index in [0.717, 1.165) is 26.0 Å². The van der Waals surface area contributed by atoms with Crippen LogP contribution in [0.2, 0.25) is 0 Å². The van der Waals surface area contributed by atoms with Gasteiger partial charge in [-0.05, 0) is 26.0 Å². The number of nitrogens with one attached hydrogen (secondary N) is 1. The van der Waals surface area contributed by atoms with E-state index in [0.29, 0.717) is 6.07 Å². The minimum Gasteiger partial charge on any atom is -0.595 e. The number of benzene rings is 1. The molecule has 1 unspecified atom stereocenters. The van der Waals surface area contributed by atoms with Crippen molar-refractivity contribution in [2.24, 2.45) is 5.92 Å². The topological polar surface area (TPSA) is 98.9 Å². The number of carbonyl (C=O) groups excluding carboxylic acids is 3. The van der Waals surface area contributed by atoms with Gasteiger partial charge in [0, 0.05) is 6.07 Å². The second-order valence-corrected chi connectivity index (χ2v) is 4.01. The Labute approximate surface area is 108 Å². The van der Waals surface area contributed by atoms with Crippen LogP contribution in [0.4, 0.5) is 10.1 Å². The van der Waals surface area contributed by atoms with Crippen LogP contribution in [0.1, 0.15) is 24.2 Å². The van der Waals surface area contributed by atoms with Gasteiger partial charge in [0.05, 0.1) is 5.56 Å². The molecule has 19 heavy (non-hydrogen) atoms.